The molecule has 0 bridgehead atoms. The molecule has 1 aromatic rings. The van der Waals surface area contributed by atoms with Crippen LogP contribution in [0.25, 0.3) is 6.08 Å². The van der Waals surface area contributed by atoms with Crippen molar-refractivity contribution in [3.63, 3.8) is 0 Å². The first kappa shape index (κ1) is 14.2. The van der Waals surface area contributed by atoms with Gasteiger partial charge in [-0.1, -0.05) is 37.3 Å². The van der Waals surface area contributed by atoms with Crippen molar-refractivity contribution in [2.75, 3.05) is 0 Å². The Kier molecular flexibility index (Phi) is 5.33. The highest BCUT2D eigenvalue weighted by atomic mass is 16.5. The summed E-state index contributed by atoms with van der Waals surface area (Å²) in [6.45, 7) is 3.50. The number of rotatable bonds is 5. The van der Waals surface area contributed by atoms with Crippen molar-refractivity contribution < 1.29 is 14.6 Å². The number of carbonyl (C=O) groups is 1. The SMILES string of the molecule is CCC(C)(O)/C=C/OC(=O)/C=C/c1ccccc1. The average Bonchev–Trinajstić information content (AvgIpc) is 2.37. The molecule has 0 saturated heterocycles. The van der Waals surface area contributed by atoms with Crippen LogP contribution in [0.1, 0.15) is 25.8 Å². The second-order valence-corrected chi connectivity index (χ2v) is 4.19. The predicted octanol–water partition coefficient (Wildman–Crippen LogP) is 2.92. The summed E-state index contributed by atoms with van der Waals surface area (Å²) in [6, 6.07) is 9.47. The zero-order valence-electron chi connectivity index (χ0n) is 10.7. The molecule has 0 radical (unpaired) electrons. The number of benzene rings is 1. The molecule has 3 heteroatoms. The van der Waals surface area contributed by atoms with Gasteiger partial charge >= 0.3 is 5.97 Å². The highest BCUT2D eigenvalue weighted by Crippen LogP contribution is 2.09. The average molecular weight is 246 g/mol. The lowest BCUT2D eigenvalue weighted by molar-refractivity contribution is -0.132. The monoisotopic (exact) mass is 246 g/mol. The van der Waals surface area contributed by atoms with Gasteiger partial charge in [-0.2, -0.15) is 0 Å². The van der Waals surface area contributed by atoms with E-state index in [-0.39, 0.29) is 0 Å². The van der Waals surface area contributed by atoms with Crippen LogP contribution in [0.3, 0.4) is 0 Å². The Hall–Kier alpha value is -1.87. The second kappa shape index (κ2) is 6.77. The fourth-order valence-corrected chi connectivity index (χ4v) is 1.13. The molecule has 1 unspecified atom stereocenters. The van der Waals surface area contributed by atoms with Gasteiger partial charge in [-0.15, -0.1) is 0 Å². The molecule has 18 heavy (non-hydrogen) atoms. The molecular formula is C15H18O3. The minimum atomic E-state index is -0.941. The van der Waals surface area contributed by atoms with Gasteiger partial charge in [0.2, 0.25) is 0 Å². The zero-order valence-corrected chi connectivity index (χ0v) is 10.7. The Morgan fingerprint density at radius 2 is 2.06 bits per heavy atom. The van der Waals surface area contributed by atoms with Gasteiger partial charge in [-0.3, -0.25) is 0 Å². The second-order valence-electron chi connectivity index (χ2n) is 4.19. The van der Waals surface area contributed by atoms with E-state index in [1.165, 1.54) is 18.4 Å². The van der Waals surface area contributed by atoms with Crippen molar-refractivity contribution in [1.29, 1.82) is 0 Å². The molecule has 1 atom stereocenters. The maximum Gasteiger partial charge on any atom is 0.335 e. The van der Waals surface area contributed by atoms with Gasteiger partial charge in [0.25, 0.3) is 0 Å². The van der Waals surface area contributed by atoms with Crippen molar-refractivity contribution >= 4 is 12.0 Å². The van der Waals surface area contributed by atoms with Gasteiger partial charge in [0, 0.05) is 6.08 Å². The molecule has 0 saturated carbocycles. The lowest BCUT2D eigenvalue weighted by Crippen LogP contribution is -2.18. The maximum atomic E-state index is 11.3. The third-order valence-electron chi connectivity index (χ3n) is 2.54. The molecule has 0 amide bonds. The Labute approximate surface area is 107 Å². The lowest BCUT2D eigenvalue weighted by Gasteiger charge is -2.14. The molecular weight excluding hydrogens is 228 g/mol. The molecule has 1 rings (SSSR count). The van der Waals surface area contributed by atoms with E-state index in [1.54, 1.807) is 13.0 Å². The van der Waals surface area contributed by atoms with Crippen LogP contribution in [0.5, 0.6) is 0 Å². The first-order valence-electron chi connectivity index (χ1n) is 5.87. The van der Waals surface area contributed by atoms with Crippen molar-refractivity contribution in [1.82, 2.24) is 0 Å². The molecule has 0 aliphatic rings. The Morgan fingerprint density at radius 3 is 2.67 bits per heavy atom. The van der Waals surface area contributed by atoms with Crippen LogP contribution >= 0.6 is 0 Å². The third kappa shape index (κ3) is 5.46. The smallest absolute Gasteiger partial charge is 0.335 e. The summed E-state index contributed by atoms with van der Waals surface area (Å²) in [5.74, 6) is -0.470. The summed E-state index contributed by atoms with van der Waals surface area (Å²) >= 11 is 0. The van der Waals surface area contributed by atoms with Gasteiger partial charge in [0.15, 0.2) is 0 Å². The van der Waals surface area contributed by atoms with E-state index in [4.69, 9.17) is 4.74 Å². The molecule has 1 N–H and O–H groups in total. The Morgan fingerprint density at radius 1 is 1.39 bits per heavy atom. The summed E-state index contributed by atoms with van der Waals surface area (Å²) in [5, 5.41) is 9.65. The van der Waals surface area contributed by atoms with Crippen LogP contribution < -0.4 is 0 Å². The molecule has 96 valence electrons. The quantitative estimate of drug-likeness (QED) is 0.493. The van der Waals surface area contributed by atoms with E-state index >= 15 is 0 Å². The fraction of sp³-hybridized carbons (Fsp3) is 0.267. The van der Waals surface area contributed by atoms with E-state index in [0.717, 1.165) is 5.56 Å². The van der Waals surface area contributed by atoms with Crippen LogP contribution in [0.4, 0.5) is 0 Å². The molecule has 0 aliphatic heterocycles. The first-order chi connectivity index (χ1) is 8.53. The van der Waals surface area contributed by atoms with Gasteiger partial charge < -0.3 is 9.84 Å². The van der Waals surface area contributed by atoms with Gasteiger partial charge in [0.05, 0.1) is 11.9 Å². The maximum absolute atomic E-state index is 11.3. The van der Waals surface area contributed by atoms with Gasteiger partial charge in [0.1, 0.15) is 0 Å². The van der Waals surface area contributed by atoms with E-state index < -0.39 is 11.6 Å². The number of esters is 1. The molecule has 0 spiro atoms. The normalized spacial score (nSPS) is 14.8. The predicted molar refractivity (Wildman–Crippen MR) is 71.6 cm³/mol. The van der Waals surface area contributed by atoms with Crippen LogP contribution in [0, 0.1) is 0 Å². The van der Waals surface area contributed by atoms with E-state index in [0.29, 0.717) is 6.42 Å². The largest absolute Gasteiger partial charge is 0.432 e. The molecule has 0 heterocycles. The highest BCUT2D eigenvalue weighted by Gasteiger charge is 2.12. The standard InChI is InChI=1S/C15H18O3/c1-3-15(2,17)11-12-18-14(16)10-9-13-7-5-4-6-8-13/h4-12,17H,3H2,1-2H3/b10-9+,12-11+. The van der Waals surface area contributed by atoms with Crippen LogP contribution in [-0.2, 0) is 9.53 Å². The molecule has 0 aromatic heterocycles. The summed E-state index contributed by atoms with van der Waals surface area (Å²) < 4.78 is 4.84. The molecule has 0 fully saturated rings. The van der Waals surface area contributed by atoms with Crippen LogP contribution in [0.15, 0.2) is 48.7 Å². The highest BCUT2D eigenvalue weighted by molar-refractivity contribution is 5.87. The topological polar surface area (TPSA) is 46.5 Å². The number of ether oxygens (including phenoxy) is 1. The number of hydrogen-bond donors (Lipinski definition) is 1. The third-order valence-corrected chi connectivity index (χ3v) is 2.54. The Bertz CT molecular complexity index is 430. The van der Waals surface area contributed by atoms with Gasteiger partial charge in [-0.05, 0) is 31.1 Å². The summed E-state index contributed by atoms with van der Waals surface area (Å²) in [5.41, 5.74) is -0.0114. The number of aliphatic hydroxyl groups is 1. The first-order valence-corrected chi connectivity index (χ1v) is 5.87. The van der Waals surface area contributed by atoms with Crippen molar-refractivity contribution in [2.24, 2.45) is 0 Å². The Balaban J connectivity index is 2.46. The lowest BCUT2D eigenvalue weighted by atomic mass is 10.1. The van der Waals surface area contributed by atoms with Gasteiger partial charge in [-0.25, -0.2) is 4.79 Å². The summed E-state index contributed by atoms with van der Waals surface area (Å²) in [4.78, 5) is 11.3. The van der Waals surface area contributed by atoms with E-state index in [2.05, 4.69) is 0 Å². The zero-order chi connectivity index (χ0) is 13.4. The van der Waals surface area contributed by atoms with Crippen molar-refractivity contribution in [2.45, 2.75) is 25.9 Å². The summed E-state index contributed by atoms with van der Waals surface area (Å²) in [7, 11) is 0. The number of carbonyl (C=O) groups excluding carboxylic acids is 1. The molecule has 1 aromatic carbocycles. The number of hydrogen-bond acceptors (Lipinski definition) is 3. The summed E-state index contributed by atoms with van der Waals surface area (Å²) in [6.07, 6.45) is 6.26. The van der Waals surface area contributed by atoms with E-state index in [9.17, 15) is 9.90 Å². The fourth-order valence-electron chi connectivity index (χ4n) is 1.13. The van der Waals surface area contributed by atoms with Crippen LogP contribution in [-0.4, -0.2) is 16.7 Å². The minimum absolute atomic E-state index is 0.470. The molecule has 0 aliphatic carbocycles. The molecule has 3 nitrogen and oxygen atoms in total. The van der Waals surface area contributed by atoms with Crippen molar-refractivity contribution in [3.8, 4) is 0 Å². The van der Waals surface area contributed by atoms with E-state index in [1.807, 2.05) is 37.3 Å². The van der Waals surface area contributed by atoms with Crippen LogP contribution in [0.2, 0.25) is 0 Å². The van der Waals surface area contributed by atoms with Crippen molar-refractivity contribution in [3.05, 3.63) is 54.3 Å². The minimum Gasteiger partial charge on any atom is -0.432 e.